The lowest BCUT2D eigenvalue weighted by Gasteiger charge is -2.38. The van der Waals surface area contributed by atoms with Crippen LogP contribution in [-0.4, -0.2) is 40.7 Å². The maximum atomic E-state index is 10.9. The lowest BCUT2D eigenvalue weighted by molar-refractivity contribution is -0.0473. The highest BCUT2D eigenvalue weighted by atomic mass is 16.5. The Hall–Kier alpha value is -1.88. The summed E-state index contributed by atoms with van der Waals surface area (Å²) in [6.07, 6.45) is 4.83. The first-order valence-corrected chi connectivity index (χ1v) is 11.9. The standard InChI is InChI=1S/C27H36O4/c1-3-21-23-7-5-6-22(23)19(12-17-8-10-20(11-9-17)31-4-2)15-24(21)25-13-18(16-28)14-26(29)27(25)30/h8-11,15,18,25-30H,3-7,12-14,16H2,1-2H3. The van der Waals surface area contributed by atoms with Gasteiger partial charge < -0.3 is 20.1 Å². The lowest BCUT2D eigenvalue weighted by Crippen LogP contribution is -2.41. The molecule has 2 aromatic rings. The van der Waals surface area contributed by atoms with Crippen LogP contribution < -0.4 is 4.74 Å². The molecular formula is C27H36O4. The molecular weight excluding hydrogens is 388 g/mol. The molecule has 0 aromatic heterocycles. The molecule has 0 spiro atoms. The Morgan fingerprint density at radius 1 is 1.00 bits per heavy atom. The van der Waals surface area contributed by atoms with Crippen molar-refractivity contribution in [1.29, 1.82) is 0 Å². The van der Waals surface area contributed by atoms with Crippen molar-refractivity contribution in [2.75, 3.05) is 13.2 Å². The van der Waals surface area contributed by atoms with Crippen molar-refractivity contribution in [2.24, 2.45) is 5.92 Å². The predicted molar refractivity (Wildman–Crippen MR) is 123 cm³/mol. The first-order valence-electron chi connectivity index (χ1n) is 11.9. The number of hydrogen-bond acceptors (Lipinski definition) is 4. The number of aliphatic hydroxyl groups is 3. The molecule has 31 heavy (non-hydrogen) atoms. The van der Waals surface area contributed by atoms with E-state index in [1.165, 1.54) is 39.8 Å². The van der Waals surface area contributed by atoms with Gasteiger partial charge in [0.15, 0.2) is 0 Å². The molecule has 1 saturated carbocycles. The molecule has 4 heteroatoms. The topological polar surface area (TPSA) is 69.9 Å². The van der Waals surface area contributed by atoms with E-state index in [2.05, 4.69) is 25.1 Å². The molecule has 2 aromatic carbocycles. The van der Waals surface area contributed by atoms with Gasteiger partial charge in [0.05, 0.1) is 18.8 Å². The average Bonchev–Trinajstić information content (AvgIpc) is 3.27. The van der Waals surface area contributed by atoms with Crippen LogP contribution in [0.3, 0.4) is 0 Å². The lowest BCUT2D eigenvalue weighted by atomic mass is 9.72. The summed E-state index contributed by atoms with van der Waals surface area (Å²) in [7, 11) is 0. The highest BCUT2D eigenvalue weighted by Crippen LogP contribution is 2.42. The number of aliphatic hydroxyl groups excluding tert-OH is 3. The van der Waals surface area contributed by atoms with Crippen LogP contribution in [-0.2, 0) is 25.7 Å². The molecule has 0 heterocycles. The molecule has 1 fully saturated rings. The highest BCUT2D eigenvalue weighted by Gasteiger charge is 2.38. The van der Waals surface area contributed by atoms with E-state index in [9.17, 15) is 15.3 Å². The van der Waals surface area contributed by atoms with E-state index in [0.29, 0.717) is 13.0 Å². The summed E-state index contributed by atoms with van der Waals surface area (Å²) in [5.74, 6) is 0.810. The number of hydrogen-bond donors (Lipinski definition) is 3. The second-order valence-electron chi connectivity index (χ2n) is 9.21. The minimum absolute atomic E-state index is 0.0379. The number of benzene rings is 2. The van der Waals surface area contributed by atoms with E-state index in [1.807, 2.05) is 19.1 Å². The zero-order chi connectivity index (χ0) is 22.0. The van der Waals surface area contributed by atoms with Crippen molar-refractivity contribution >= 4 is 0 Å². The summed E-state index contributed by atoms with van der Waals surface area (Å²) in [5, 5.41) is 31.1. The molecule has 0 aliphatic heterocycles. The van der Waals surface area contributed by atoms with Crippen molar-refractivity contribution in [1.82, 2.24) is 0 Å². The molecule has 2 aliphatic rings. The largest absolute Gasteiger partial charge is 0.494 e. The second kappa shape index (κ2) is 9.72. The maximum absolute atomic E-state index is 10.9. The van der Waals surface area contributed by atoms with Gasteiger partial charge in [-0.05, 0) is 103 Å². The van der Waals surface area contributed by atoms with Gasteiger partial charge in [-0.15, -0.1) is 0 Å². The Morgan fingerprint density at radius 2 is 1.74 bits per heavy atom. The SMILES string of the molecule is CCOc1ccc(Cc2cc(C3CC(CO)CC(O)C3O)c(CC)c3c2CCC3)cc1. The van der Waals surface area contributed by atoms with Crippen LogP contribution >= 0.6 is 0 Å². The summed E-state index contributed by atoms with van der Waals surface area (Å²) in [4.78, 5) is 0. The Bertz CT molecular complexity index is 889. The molecule has 3 N–H and O–H groups in total. The Kier molecular flexibility index (Phi) is 7.00. The Morgan fingerprint density at radius 3 is 2.42 bits per heavy atom. The van der Waals surface area contributed by atoms with Crippen molar-refractivity contribution in [3.8, 4) is 5.75 Å². The molecule has 168 valence electrons. The third-order valence-corrected chi connectivity index (χ3v) is 7.26. The molecule has 4 atom stereocenters. The van der Waals surface area contributed by atoms with Crippen molar-refractivity contribution in [2.45, 2.75) is 76.9 Å². The van der Waals surface area contributed by atoms with Crippen LogP contribution in [0.1, 0.15) is 72.4 Å². The van der Waals surface area contributed by atoms with Crippen LogP contribution in [0.25, 0.3) is 0 Å². The number of fused-ring (bicyclic) bond motifs is 1. The summed E-state index contributed by atoms with van der Waals surface area (Å²) in [5.41, 5.74) is 8.10. The van der Waals surface area contributed by atoms with Gasteiger partial charge in [0, 0.05) is 12.5 Å². The average molecular weight is 425 g/mol. The predicted octanol–water partition coefficient (Wildman–Crippen LogP) is 3.93. The summed E-state index contributed by atoms with van der Waals surface area (Å²) in [6, 6.07) is 10.7. The summed E-state index contributed by atoms with van der Waals surface area (Å²) in [6.45, 7) is 4.91. The van der Waals surface area contributed by atoms with Crippen LogP contribution in [0.5, 0.6) is 5.75 Å². The highest BCUT2D eigenvalue weighted by molar-refractivity contribution is 5.52. The molecule has 0 bridgehead atoms. The Labute approximate surface area is 185 Å². The van der Waals surface area contributed by atoms with E-state index in [0.717, 1.165) is 37.9 Å². The number of ether oxygens (including phenoxy) is 1. The van der Waals surface area contributed by atoms with Crippen LogP contribution in [0.15, 0.2) is 30.3 Å². The van der Waals surface area contributed by atoms with Crippen molar-refractivity contribution in [3.63, 3.8) is 0 Å². The first-order chi connectivity index (χ1) is 15.0. The van der Waals surface area contributed by atoms with Gasteiger partial charge in [-0.25, -0.2) is 0 Å². The zero-order valence-electron chi connectivity index (χ0n) is 18.8. The van der Waals surface area contributed by atoms with Gasteiger partial charge in [0.25, 0.3) is 0 Å². The second-order valence-corrected chi connectivity index (χ2v) is 9.21. The van der Waals surface area contributed by atoms with Gasteiger partial charge in [-0.3, -0.25) is 0 Å². The van der Waals surface area contributed by atoms with E-state index in [-0.39, 0.29) is 18.4 Å². The third kappa shape index (κ3) is 4.52. The zero-order valence-corrected chi connectivity index (χ0v) is 18.8. The molecule has 4 nitrogen and oxygen atoms in total. The third-order valence-electron chi connectivity index (χ3n) is 7.26. The smallest absolute Gasteiger partial charge is 0.119 e. The molecule has 0 radical (unpaired) electrons. The normalized spacial score (nSPS) is 25.5. The maximum Gasteiger partial charge on any atom is 0.119 e. The van der Waals surface area contributed by atoms with Crippen LogP contribution in [0.4, 0.5) is 0 Å². The summed E-state index contributed by atoms with van der Waals surface area (Å²) < 4.78 is 5.58. The fourth-order valence-corrected chi connectivity index (χ4v) is 5.77. The van der Waals surface area contributed by atoms with Crippen molar-refractivity contribution in [3.05, 3.63) is 63.7 Å². The summed E-state index contributed by atoms with van der Waals surface area (Å²) >= 11 is 0. The fourth-order valence-electron chi connectivity index (χ4n) is 5.77. The monoisotopic (exact) mass is 424 g/mol. The molecule has 0 saturated heterocycles. The van der Waals surface area contributed by atoms with Gasteiger partial charge >= 0.3 is 0 Å². The minimum atomic E-state index is -0.775. The fraction of sp³-hybridized carbons (Fsp3) is 0.556. The van der Waals surface area contributed by atoms with E-state index in [4.69, 9.17) is 4.74 Å². The van der Waals surface area contributed by atoms with Gasteiger partial charge in [0.2, 0.25) is 0 Å². The van der Waals surface area contributed by atoms with Gasteiger partial charge in [-0.1, -0.05) is 25.1 Å². The van der Waals surface area contributed by atoms with Gasteiger partial charge in [-0.2, -0.15) is 0 Å². The van der Waals surface area contributed by atoms with Crippen molar-refractivity contribution < 1.29 is 20.1 Å². The first kappa shape index (κ1) is 22.3. The quantitative estimate of drug-likeness (QED) is 0.630. The van der Waals surface area contributed by atoms with E-state index < -0.39 is 12.2 Å². The Balaban J connectivity index is 1.72. The van der Waals surface area contributed by atoms with E-state index in [1.54, 1.807) is 0 Å². The van der Waals surface area contributed by atoms with Crippen LogP contribution in [0.2, 0.25) is 0 Å². The molecule has 4 rings (SSSR count). The molecule has 0 amide bonds. The molecule has 4 unspecified atom stereocenters. The minimum Gasteiger partial charge on any atom is -0.494 e. The van der Waals surface area contributed by atoms with Gasteiger partial charge in [0.1, 0.15) is 5.75 Å². The van der Waals surface area contributed by atoms with Crippen LogP contribution in [0, 0.1) is 5.92 Å². The molecule has 2 aliphatic carbocycles. The van der Waals surface area contributed by atoms with E-state index >= 15 is 0 Å². The number of rotatable bonds is 7.